The maximum absolute atomic E-state index is 12.1. The highest BCUT2D eigenvalue weighted by atomic mass is 32.2. The van der Waals surface area contributed by atoms with E-state index in [-0.39, 0.29) is 5.75 Å². The van der Waals surface area contributed by atoms with Gasteiger partial charge in [0.05, 0.1) is 5.75 Å². The van der Waals surface area contributed by atoms with Crippen molar-refractivity contribution in [3.8, 4) is 0 Å². The summed E-state index contributed by atoms with van der Waals surface area (Å²) in [5.74, 6) is 0.277. The Morgan fingerprint density at radius 2 is 1.86 bits per heavy atom. The molecule has 0 aromatic heterocycles. The second-order valence-electron chi connectivity index (χ2n) is 6.00. The van der Waals surface area contributed by atoms with Gasteiger partial charge in [-0.1, -0.05) is 31.2 Å². The molecule has 0 amide bonds. The maximum Gasteiger partial charge on any atom is 0.214 e. The van der Waals surface area contributed by atoms with Gasteiger partial charge >= 0.3 is 0 Å². The van der Waals surface area contributed by atoms with Crippen LogP contribution in [0.1, 0.15) is 36.9 Å². The summed E-state index contributed by atoms with van der Waals surface area (Å²) in [5, 5.41) is 0. The molecule has 1 aromatic carbocycles. The van der Waals surface area contributed by atoms with Crippen molar-refractivity contribution >= 4 is 10.0 Å². The molecule has 0 N–H and O–H groups in total. The minimum Gasteiger partial charge on any atom is -0.294 e. The summed E-state index contributed by atoms with van der Waals surface area (Å²) >= 11 is 0. The van der Waals surface area contributed by atoms with Gasteiger partial charge in [-0.2, -0.15) is 4.31 Å². The fourth-order valence-corrected chi connectivity index (χ4v) is 5.09. The van der Waals surface area contributed by atoms with Crippen molar-refractivity contribution in [2.75, 3.05) is 31.9 Å². The molecule has 4 nitrogen and oxygen atoms in total. The molecule has 1 unspecified atom stereocenters. The van der Waals surface area contributed by atoms with Crippen LogP contribution < -0.4 is 0 Å². The van der Waals surface area contributed by atoms with Crippen LogP contribution in [0, 0.1) is 0 Å². The largest absolute Gasteiger partial charge is 0.294 e. The quantitative estimate of drug-likeness (QED) is 0.854. The molecule has 3 rings (SSSR count). The molecule has 5 heteroatoms. The molecule has 0 radical (unpaired) electrons. The van der Waals surface area contributed by atoms with Crippen molar-refractivity contribution in [1.82, 2.24) is 9.21 Å². The summed E-state index contributed by atoms with van der Waals surface area (Å²) in [4.78, 5) is 2.46. The third-order valence-corrected chi connectivity index (χ3v) is 6.75. The fraction of sp³-hybridized carbons (Fsp3) is 0.625. The first kappa shape index (κ1) is 15.0. The molecule has 1 aliphatic heterocycles. The lowest BCUT2D eigenvalue weighted by Gasteiger charge is -2.37. The molecular weight excluding hydrogens is 284 g/mol. The minimum atomic E-state index is -3.03. The number of hydrogen-bond acceptors (Lipinski definition) is 3. The Balaban J connectivity index is 1.65. The zero-order valence-corrected chi connectivity index (χ0v) is 13.5. The van der Waals surface area contributed by atoms with Crippen LogP contribution in [0.3, 0.4) is 0 Å². The third-order valence-electron chi connectivity index (χ3n) is 4.67. The monoisotopic (exact) mass is 308 g/mol. The third kappa shape index (κ3) is 3.00. The van der Waals surface area contributed by atoms with Crippen LogP contribution in [-0.4, -0.2) is 49.6 Å². The Bertz CT molecular complexity index is 592. The smallest absolute Gasteiger partial charge is 0.214 e. The normalized spacial score (nSPS) is 24.1. The molecule has 1 heterocycles. The van der Waals surface area contributed by atoms with E-state index in [4.69, 9.17) is 0 Å². The van der Waals surface area contributed by atoms with Gasteiger partial charge in [-0.25, -0.2) is 8.42 Å². The van der Waals surface area contributed by atoms with Gasteiger partial charge in [0, 0.05) is 32.2 Å². The Kier molecular flexibility index (Phi) is 4.33. The molecule has 1 atom stereocenters. The van der Waals surface area contributed by atoms with Gasteiger partial charge in [0.25, 0.3) is 0 Å². The first-order valence-corrected chi connectivity index (χ1v) is 9.52. The SMILES string of the molecule is CCCS(=O)(=O)N1CCN(C2CCc3ccccc32)CC1. The lowest BCUT2D eigenvalue weighted by atomic mass is 10.1. The lowest BCUT2D eigenvalue weighted by molar-refractivity contribution is 0.137. The highest BCUT2D eigenvalue weighted by Gasteiger charge is 2.32. The predicted octanol–water partition coefficient (Wildman–Crippen LogP) is 2.03. The van der Waals surface area contributed by atoms with Crippen molar-refractivity contribution in [3.63, 3.8) is 0 Å². The van der Waals surface area contributed by atoms with E-state index in [0.29, 0.717) is 25.6 Å². The minimum absolute atomic E-state index is 0.277. The zero-order chi connectivity index (χ0) is 14.9. The number of piperazine rings is 1. The molecule has 116 valence electrons. The summed E-state index contributed by atoms with van der Waals surface area (Å²) in [7, 11) is -3.03. The van der Waals surface area contributed by atoms with Crippen LogP contribution in [0.25, 0.3) is 0 Å². The molecule has 0 bridgehead atoms. The van der Waals surface area contributed by atoms with Crippen LogP contribution in [0.2, 0.25) is 0 Å². The van der Waals surface area contributed by atoms with E-state index in [9.17, 15) is 8.42 Å². The van der Waals surface area contributed by atoms with Crippen LogP contribution in [0.5, 0.6) is 0 Å². The van der Waals surface area contributed by atoms with E-state index >= 15 is 0 Å². The van der Waals surface area contributed by atoms with Crippen molar-refractivity contribution in [3.05, 3.63) is 35.4 Å². The summed E-state index contributed by atoms with van der Waals surface area (Å²) < 4.78 is 25.9. The van der Waals surface area contributed by atoms with Crippen molar-refractivity contribution in [2.24, 2.45) is 0 Å². The second-order valence-corrected chi connectivity index (χ2v) is 8.09. The molecule has 0 saturated carbocycles. The zero-order valence-electron chi connectivity index (χ0n) is 12.7. The maximum atomic E-state index is 12.1. The number of rotatable bonds is 4. The predicted molar refractivity (Wildman–Crippen MR) is 84.7 cm³/mol. The van der Waals surface area contributed by atoms with E-state index in [1.165, 1.54) is 17.5 Å². The van der Waals surface area contributed by atoms with Crippen LogP contribution >= 0.6 is 0 Å². The Hall–Kier alpha value is -0.910. The van der Waals surface area contributed by atoms with Crippen LogP contribution in [0.15, 0.2) is 24.3 Å². The Morgan fingerprint density at radius 1 is 1.14 bits per heavy atom. The molecular formula is C16H24N2O2S. The average molecular weight is 308 g/mol. The van der Waals surface area contributed by atoms with E-state index in [1.807, 2.05) is 6.92 Å². The molecule has 1 aliphatic carbocycles. The van der Waals surface area contributed by atoms with Gasteiger partial charge in [-0.05, 0) is 30.4 Å². The van der Waals surface area contributed by atoms with Crippen LogP contribution in [-0.2, 0) is 16.4 Å². The summed E-state index contributed by atoms with van der Waals surface area (Å²) in [6, 6.07) is 9.15. The molecule has 1 aromatic rings. The van der Waals surface area contributed by atoms with Gasteiger partial charge in [0.15, 0.2) is 0 Å². The highest BCUT2D eigenvalue weighted by Crippen LogP contribution is 2.36. The Morgan fingerprint density at radius 3 is 2.57 bits per heavy atom. The molecule has 2 aliphatic rings. The number of aryl methyl sites for hydroxylation is 1. The van der Waals surface area contributed by atoms with E-state index in [1.54, 1.807) is 4.31 Å². The van der Waals surface area contributed by atoms with Gasteiger partial charge in [0.1, 0.15) is 0 Å². The van der Waals surface area contributed by atoms with Crippen molar-refractivity contribution < 1.29 is 8.42 Å². The number of nitrogens with zero attached hydrogens (tertiary/aromatic N) is 2. The van der Waals surface area contributed by atoms with Gasteiger partial charge < -0.3 is 0 Å². The van der Waals surface area contributed by atoms with E-state index in [0.717, 1.165) is 19.5 Å². The summed E-state index contributed by atoms with van der Waals surface area (Å²) in [6.07, 6.45) is 3.01. The lowest BCUT2D eigenvalue weighted by Crippen LogP contribution is -2.49. The highest BCUT2D eigenvalue weighted by molar-refractivity contribution is 7.89. The summed E-state index contributed by atoms with van der Waals surface area (Å²) in [6.45, 7) is 4.90. The van der Waals surface area contributed by atoms with Crippen LogP contribution in [0.4, 0.5) is 0 Å². The molecule has 21 heavy (non-hydrogen) atoms. The van der Waals surface area contributed by atoms with Crippen molar-refractivity contribution in [2.45, 2.75) is 32.2 Å². The second kappa shape index (κ2) is 6.07. The molecule has 1 fully saturated rings. The number of benzene rings is 1. The number of fused-ring (bicyclic) bond motifs is 1. The Labute approximate surface area is 127 Å². The number of sulfonamides is 1. The fourth-order valence-electron chi connectivity index (χ4n) is 3.59. The first-order valence-electron chi connectivity index (χ1n) is 7.91. The van der Waals surface area contributed by atoms with E-state index < -0.39 is 10.0 Å². The topological polar surface area (TPSA) is 40.6 Å². The van der Waals surface area contributed by atoms with Gasteiger partial charge in [-0.15, -0.1) is 0 Å². The first-order chi connectivity index (χ1) is 10.1. The van der Waals surface area contributed by atoms with Crippen molar-refractivity contribution in [1.29, 1.82) is 0 Å². The average Bonchev–Trinajstić information content (AvgIpc) is 2.91. The molecule has 0 spiro atoms. The molecule has 1 saturated heterocycles. The summed E-state index contributed by atoms with van der Waals surface area (Å²) in [5.41, 5.74) is 2.91. The standard InChI is InChI=1S/C16H24N2O2S/c1-2-13-21(19,20)18-11-9-17(10-12-18)16-8-7-14-5-3-4-6-15(14)16/h3-6,16H,2,7-13H2,1H3. The van der Waals surface area contributed by atoms with Gasteiger partial charge in [-0.3, -0.25) is 4.90 Å². The number of hydrogen-bond donors (Lipinski definition) is 0. The van der Waals surface area contributed by atoms with Gasteiger partial charge in [0.2, 0.25) is 10.0 Å². The van der Waals surface area contributed by atoms with E-state index in [2.05, 4.69) is 29.2 Å².